The molecular formula is C12H20N4O2S. The smallest absolute Gasteiger partial charge is 0.153 e. The second-order valence-electron chi connectivity index (χ2n) is 4.68. The van der Waals surface area contributed by atoms with Crippen LogP contribution in [0.4, 0.5) is 11.6 Å². The Kier molecular flexibility index (Phi) is 3.93. The Morgan fingerprint density at radius 1 is 1.26 bits per heavy atom. The summed E-state index contributed by atoms with van der Waals surface area (Å²) in [6, 6.07) is 0. The minimum atomic E-state index is -2.87. The summed E-state index contributed by atoms with van der Waals surface area (Å²) in [5.41, 5.74) is 0.971. The number of hydrogen-bond donors (Lipinski definition) is 1. The summed E-state index contributed by atoms with van der Waals surface area (Å²) in [6.07, 6.45) is 0.758. The molecule has 0 amide bonds. The summed E-state index contributed by atoms with van der Waals surface area (Å²) in [5.74, 6) is 2.85. The van der Waals surface area contributed by atoms with Crippen molar-refractivity contribution in [2.24, 2.45) is 0 Å². The highest BCUT2D eigenvalue weighted by atomic mass is 32.2. The maximum atomic E-state index is 11.5. The molecular weight excluding hydrogens is 264 g/mol. The fraction of sp³-hybridized carbons (Fsp3) is 0.667. The minimum Gasteiger partial charge on any atom is -0.373 e. The number of nitrogens with one attached hydrogen (secondary N) is 1. The van der Waals surface area contributed by atoms with Crippen molar-refractivity contribution in [1.82, 2.24) is 9.97 Å². The monoisotopic (exact) mass is 284 g/mol. The van der Waals surface area contributed by atoms with Crippen LogP contribution in [0.5, 0.6) is 0 Å². The van der Waals surface area contributed by atoms with Gasteiger partial charge in [0.1, 0.15) is 17.5 Å². The van der Waals surface area contributed by atoms with Gasteiger partial charge in [0, 0.05) is 32.1 Å². The van der Waals surface area contributed by atoms with E-state index in [1.807, 2.05) is 25.8 Å². The van der Waals surface area contributed by atoms with Crippen LogP contribution in [0.2, 0.25) is 0 Å². The molecule has 6 nitrogen and oxygen atoms in total. The van der Waals surface area contributed by atoms with E-state index in [1.54, 1.807) is 0 Å². The first kappa shape index (κ1) is 14.0. The fourth-order valence-corrected chi connectivity index (χ4v) is 3.38. The van der Waals surface area contributed by atoms with Crippen LogP contribution < -0.4 is 10.2 Å². The predicted molar refractivity (Wildman–Crippen MR) is 76.6 cm³/mol. The summed E-state index contributed by atoms with van der Waals surface area (Å²) in [5, 5.41) is 3.07. The normalized spacial score (nSPS) is 18.4. The van der Waals surface area contributed by atoms with Crippen LogP contribution in [-0.4, -0.2) is 50.0 Å². The van der Waals surface area contributed by atoms with E-state index >= 15 is 0 Å². The molecule has 19 heavy (non-hydrogen) atoms. The Bertz CT molecular complexity index is 557. The van der Waals surface area contributed by atoms with Crippen molar-refractivity contribution in [2.75, 3.05) is 41.9 Å². The van der Waals surface area contributed by atoms with Gasteiger partial charge < -0.3 is 10.2 Å². The Morgan fingerprint density at radius 2 is 1.89 bits per heavy atom. The summed E-state index contributed by atoms with van der Waals surface area (Å²) < 4.78 is 23.0. The van der Waals surface area contributed by atoms with Gasteiger partial charge in [-0.2, -0.15) is 0 Å². The van der Waals surface area contributed by atoms with Gasteiger partial charge in [0.25, 0.3) is 0 Å². The topological polar surface area (TPSA) is 75.2 Å². The lowest BCUT2D eigenvalue weighted by Gasteiger charge is -2.29. The molecule has 1 saturated heterocycles. The third kappa shape index (κ3) is 2.97. The molecule has 0 bridgehead atoms. The standard InChI is InChI=1S/C12H20N4O2S/c1-4-10-14-11(13-3)9(2)12(15-10)16-5-7-19(17,18)8-6-16/h4-8H2,1-3H3,(H,13,14,15). The van der Waals surface area contributed by atoms with Gasteiger partial charge in [-0.3, -0.25) is 0 Å². The molecule has 2 rings (SSSR count). The average Bonchev–Trinajstić information content (AvgIpc) is 2.39. The number of anilines is 2. The molecule has 0 saturated carbocycles. The van der Waals surface area contributed by atoms with Crippen molar-refractivity contribution in [2.45, 2.75) is 20.3 Å². The highest BCUT2D eigenvalue weighted by Crippen LogP contribution is 2.24. The molecule has 0 atom stereocenters. The molecule has 0 aromatic carbocycles. The highest BCUT2D eigenvalue weighted by Gasteiger charge is 2.24. The molecule has 0 spiro atoms. The van der Waals surface area contributed by atoms with Crippen LogP contribution in [0.25, 0.3) is 0 Å². The van der Waals surface area contributed by atoms with E-state index in [0.29, 0.717) is 13.1 Å². The van der Waals surface area contributed by atoms with E-state index in [1.165, 1.54) is 0 Å². The summed E-state index contributed by atoms with van der Waals surface area (Å²) in [4.78, 5) is 11.0. The summed E-state index contributed by atoms with van der Waals surface area (Å²) in [6.45, 7) is 4.98. The molecule has 1 aliphatic rings. The molecule has 1 aromatic rings. The second-order valence-corrected chi connectivity index (χ2v) is 6.98. The van der Waals surface area contributed by atoms with E-state index in [4.69, 9.17) is 0 Å². The fourth-order valence-electron chi connectivity index (χ4n) is 2.18. The van der Waals surface area contributed by atoms with E-state index in [2.05, 4.69) is 15.3 Å². The largest absolute Gasteiger partial charge is 0.373 e. The third-order valence-corrected chi connectivity index (χ3v) is 4.97. The molecule has 1 fully saturated rings. The number of rotatable bonds is 3. The zero-order chi connectivity index (χ0) is 14.0. The predicted octanol–water partition coefficient (Wildman–Crippen LogP) is 0.624. The van der Waals surface area contributed by atoms with Crippen LogP contribution in [0.15, 0.2) is 0 Å². The molecule has 0 radical (unpaired) electrons. The quantitative estimate of drug-likeness (QED) is 0.877. The molecule has 1 aromatic heterocycles. The first-order valence-corrected chi connectivity index (χ1v) is 8.29. The van der Waals surface area contributed by atoms with Gasteiger partial charge in [-0.1, -0.05) is 6.92 Å². The van der Waals surface area contributed by atoms with Crippen molar-refractivity contribution in [1.29, 1.82) is 0 Å². The molecule has 7 heteroatoms. The van der Waals surface area contributed by atoms with Crippen LogP contribution in [0, 0.1) is 6.92 Å². The van der Waals surface area contributed by atoms with Gasteiger partial charge in [-0.15, -0.1) is 0 Å². The van der Waals surface area contributed by atoms with Gasteiger partial charge in [0.15, 0.2) is 9.84 Å². The molecule has 0 aliphatic carbocycles. The Morgan fingerprint density at radius 3 is 2.42 bits per heavy atom. The van der Waals surface area contributed by atoms with Gasteiger partial charge in [-0.05, 0) is 6.92 Å². The lowest BCUT2D eigenvalue weighted by Crippen LogP contribution is -2.41. The van der Waals surface area contributed by atoms with Crippen LogP contribution >= 0.6 is 0 Å². The van der Waals surface area contributed by atoms with E-state index < -0.39 is 9.84 Å². The number of nitrogens with zero attached hydrogens (tertiary/aromatic N) is 3. The Labute approximate surface area is 114 Å². The molecule has 2 heterocycles. The van der Waals surface area contributed by atoms with Crippen LogP contribution in [-0.2, 0) is 16.3 Å². The van der Waals surface area contributed by atoms with Crippen molar-refractivity contribution in [3.05, 3.63) is 11.4 Å². The number of sulfone groups is 1. The van der Waals surface area contributed by atoms with Crippen molar-refractivity contribution >= 4 is 21.5 Å². The van der Waals surface area contributed by atoms with E-state index in [9.17, 15) is 8.42 Å². The lowest BCUT2D eigenvalue weighted by molar-refractivity contribution is 0.586. The molecule has 1 N–H and O–H groups in total. The van der Waals surface area contributed by atoms with Crippen molar-refractivity contribution in [3.63, 3.8) is 0 Å². The number of aromatic nitrogens is 2. The van der Waals surface area contributed by atoms with Gasteiger partial charge in [0.05, 0.1) is 11.5 Å². The van der Waals surface area contributed by atoms with E-state index in [0.717, 1.165) is 29.4 Å². The Balaban J connectivity index is 2.34. The molecule has 0 unspecified atom stereocenters. The molecule has 106 valence electrons. The van der Waals surface area contributed by atoms with Crippen LogP contribution in [0.3, 0.4) is 0 Å². The highest BCUT2D eigenvalue weighted by molar-refractivity contribution is 7.91. The second kappa shape index (κ2) is 5.32. The van der Waals surface area contributed by atoms with E-state index in [-0.39, 0.29) is 11.5 Å². The van der Waals surface area contributed by atoms with Gasteiger partial charge >= 0.3 is 0 Å². The van der Waals surface area contributed by atoms with Gasteiger partial charge in [-0.25, -0.2) is 18.4 Å². The Hall–Kier alpha value is -1.37. The average molecular weight is 284 g/mol. The first-order valence-electron chi connectivity index (χ1n) is 6.47. The van der Waals surface area contributed by atoms with Crippen molar-refractivity contribution in [3.8, 4) is 0 Å². The summed E-state index contributed by atoms with van der Waals surface area (Å²) >= 11 is 0. The zero-order valence-corrected chi connectivity index (χ0v) is 12.4. The summed E-state index contributed by atoms with van der Waals surface area (Å²) in [7, 11) is -1.04. The zero-order valence-electron chi connectivity index (χ0n) is 11.6. The maximum Gasteiger partial charge on any atom is 0.153 e. The van der Waals surface area contributed by atoms with Gasteiger partial charge in [0.2, 0.25) is 0 Å². The van der Waals surface area contributed by atoms with Crippen LogP contribution in [0.1, 0.15) is 18.3 Å². The van der Waals surface area contributed by atoms with Crippen molar-refractivity contribution < 1.29 is 8.42 Å². The molecule has 1 aliphatic heterocycles. The first-order chi connectivity index (χ1) is 8.96. The SMILES string of the molecule is CCc1nc(NC)c(C)c(N2CCS(=O)(=O)CC2)n1. The minimum absolute atomic E-state index is 0.201. The lowest BCUT2D eigenvalue weighted by atomic mass is 10.2. The maximum absolute atomic E-state index is 11.5. The number of aryl methyl sites for hydroxylation is 1. The number of hydrogen-bond acceptors (Lipinski definition) is 6. The third-order valence-electron chi connectivity index (χ3n) is 3.36.